The van der Waals surface area contributed by atoms with Crippen molar-refractivity contribution in [1.29, 1.82) is 0 Å². The van der Waals surface area contributed by atoms with Gasteiger partial charge in [0.1, 0.15) is 5.75 Å². The number of ether oxygens (including phenoxy) is 1. The van der Waals surface area contributed by atoms with E-state index in [4.69, 9.17) is 16.3 Å². The predicted octanol–water partition coefficient (Wildman–Crippen LogP) is 5.07. The number of carbonyl (C=O) groups is 1. The van der Waals surface area contributed by atoms with E-state index >= 15 is 0 Å². The number of rotatable bonds is 5. The van der Waals surface area contributed by atoms with Crippen molar-refractivity contribution in [2.75, 3.05) is 12.4 Å². The molecule has 136 valence electrons. The summed E-state index contributed by atoms with van der Waals surface area (Å²) in [6.07, 6.45) is 1.90. The number of hydrogen-bond donors (Lipinski definition) is 2. The molecule has 1 unspecified atom stereocenters. The van der Waals surface area contributed by atoms with Gasteiger partial charge in [0.2, 0.25) is 0 Å². The Kier molecular flexibility index (Phi) is 5.79. The maximum atomic E-state index is 12.3. The summed E-state index contributed by atoms with van der Waals surface area (Å²) >= 11 is 7.49. The number of amides is 1. The van der Waals surface area contributed by atoms with Gasteiger partial charge in [-0.05, 0) is 41.3 Å². The van der Waals surface area contributed by atoms with E-state index in [0.29, 0.717) is 21.6 Å². The average molecular weight is 389 g/mol. The molecule has 1 heterocycles. The van der Waals surface area contributed by atoms with Crippen molar-refractivity contribution in [3.05, 3.63) is 63.5 Å². The summed E-state index contributed by atoms with van der Waals surface area (Å²) in [4.78, 5) is 12.9. The van der Waals surface area contributed by atoms with E-state index in [2.05, 4.69) is 36.6 Å². The molecule has 0 spiro atoms. The maximum Gasteiger partial charge on any atom is 0.260 e. The monoisotopic (exact) mass is 388 g/mol. The zero-order valence-corrected chi connectivity index (χ0v) is 16.4. The van der Waals surface area contributed by atoms with Crippen molar-refractivity contribution in [2.24, 2.45) is 0 Å². The normalized spacial score (nSPS) is 18.3. The minimum absolute atomic E-state index is 0.0959. The number of anilines is 1. The third-order valence-electron chi connectivity index (χ3n) is 4.08. The molecule has 0 bridgehead atoms. The van der Waals surface area contributed by atoms with Crippen molar-refractivity contribution in [2.45, 2.75) is 25.3 Å². The molecule has 1 atom stereocenters. The molecule has 1 aliphatic rings. The van der Waals surface area contributed by atoms with Crippen LogP contribution in [0, 0.1) is 0 Å². The number of carbonyl (C=O) groups excluding carboxylic acids is 1. The summed E-state index contributed by atoms with van der Waals surface area (Å²) in [6, 6.07) is 13.6. The van der Waals surface area contributed by atoms with E-state index in [1.54, 1.807) is 25.3 Å². The topological polar surface area (TPSA) is 50.4 Å². The summed E-state index contributed by atoms with van der Waals surface area (Å²) < 4.78 is 5.33. The molecular weight excluding hydrogens is 368 g/mol. The lowest BCUT2D eigenvalue weighted by Crippen LogP contribution is -2.31. The molecule has 0 radical (unpaired) electrons. The Morgan fingerprint density at radius 3 is 2.62 bits per heavy atom. The van der Waals surface area contributed by atoms with Crippen LogP contribution in [-0.2, 0) is 4.79 Å². The summed E-state index contributed by atoms with van der Waals surface area (Å²) in [5, 5.41) is 6.77. The largest absolute Gasteiger partial charge is 0.495 e. The maximum absolute atomic E-state index is 12.3. The number of benzene rings is 2. The molecule has 1 fully saturated rings. The van der Waals surface area contributed by atoms with Crippen LogP contribution in [0.1, 0.15) is 30.9 Å². The van der Waals surface area contributed by atoms with Crippen LogP contribution in [0.5, 0.6) is 5.75 Å². The van der Waals surface area contributed by atoms with Gasteiger partial charge in [0.15, 0.2) is 5.50 Å². The molecule has 2 N–H and O–H groups in total. The molecule has 3 rings (SSSR count). The third-order valence-corrected chi connectivity index (χ3v) is 5.34. The SMILES string of the molecule is COc1ccc(Cl)cc1NC1NC(=O)/C(=C/c2ccc(C(C)C)cc2)S1. The minimum Gasteiger partial charge on any atom is -0.495 e. The van der Waals surface area contributed by atoms with Crippen LogP contribution in [0.25, 0.3) is 6.08 Å². The molecule has 1 aliphatic heterocycles. The van der Waals surface area contributed by atoms with Crippen LogP contribution in [-0.4, -0.2) is 18.5 Å². The fourth-order valence-electron chi connectivity index (χ4n) is 2.63. The van der Waals surface area contributed by atoms with Crippen LogP contribution in [0.4, 0.5) is 5.69 Å². The molecule has 2 aromatic rings. The van der Waals surface area contributed by atoms with Crippen molar-refractivity contribution < 1.29 is 9.53 Å². The lowest BCUT2D eigenvalue weighted by molar-refractivity contribution is -0.116. The van der Waals surface area contributed by atoms with Gasteiger partial charge < -0.3 is 15.4 Å². The van der Waals surface area contributed by atoms with Crippen molar-refractivity contribution in [1.82, 2.24) is 5.32 Å². The molecule has 1 saturated heterocycles. The van der Waals surface area contributed by atoms with Gasteiger partial charge in [-0.15, -0.1) is 0 Å². The summed E-state index contributed by atoms with van der Waals surface area (Å²) in [5.41, 5.74) is 2.74. The predicted molar refractivity (Wildman–Crippen MR) is 110 cm³/mol. The molecule has 1 amide bonds. The van der Waals surface area contributed by atoms with Gasteiger partial charge in [-0.2, -0.15) is 0 Å². The van der Waals surface area contributed by atoms with E-state index in [-0.39, 0.29) is 11.4 Å². The Bertz CT molecular complexity index is 834. The Labute approximate surface area is 163 Å². The second kappa shape index (κ2) is 8.06. The minimum atomic E-state index is -0.281. The van der Waals surface area contributed by atoms with Crippen LogP contribution >= 0.6 is 23.4 Å². The van der Waals surface area contributed by atoms with Crippen LogP contribution in [0.2, 0.25) is 5.02 Å². The highest BCUT2D eigenvalue weighted by atomic mass is 35.5. The number of thioether (sulfide) groups is 1. The second-order valence-corrected chi connectivity index (χ2v) is 7.87. The molecule has 6 heteroatoms. The number of nitrogens with one attached hydrogen (secondary N) is 2. The number of methoxy groups -OCH3 is 1. The molecule has 0 saturated carbocycles. The van der Waals surface area contributed by atoms with Crippen molar-refractivity contribution in [3.63, 3.8) is 0 Å². The third kappa shape index (κ3) is 4.34. The lowest BCUT2D eigenvalue weighted by atomic mass is 10.0. The van der Waals surface area contributed by atoms with E-state index in [1.807, 2.05) is 18.2 Å². The summed E-state index contributed by atoms with van der Waals surface area (Å²) in [7, 11) is 1.60. The van der Waals surface area contributed by atoms with Crippen LogP contribution < -0.4 is 15.4 Å². The van der Waals surface area contributed by atoms with Gasteiger partial charge in [0.05, 0.1) is 17.7 Å². The Morgan fingerprint density at radius 1 is 1.23 bits per heavy atom. The average Bonchev–Trinajstić information content (AvgIpc) is 2.95. The zero-order chi connectivity index (χ0) is 18.7. The summed E-state index contributed by atoms with van der Waals surface area (Å²) in [5.74, 6) is 1.06. The van der Waals surface area contributed by atoms with E-state index < -0.39 is 0 Å². The highest BCUT2D eigenvalue weighted by Crippen LogP contribution is 2.34. The first-order valence-corrected chi connectivity index (χ1v) is 9.61. The van der Waals surface area contributed by atoms with Crippen molar-refractivity contribution in [3.8, 4) is 5.75 Å². The Morgan fingerprint density at radius 2 is 1.96 bits per heavy atom. The lowest BCUT2D eigenvalue weighted by Gasteiger charge is -2.15. The zero-order valence-electron chi connectivity index (χ0n) is 14.9. The molecule has 4 nitrogen and oxygen atoms in total. The fourth-order valence-corrected chi connectivity index (χ4v) is 3.78. The highest BCUT2D eigenvalue weighted by Gasteiger charge is 2.27. The van der Waals surface area contributed by atoms with Gasteiger partial charge >= 0.3 is 0 Å². The quantitative estimate of drug-likeness (QED) is 0.702. The first-order valence-electron chi connectivity index (χ1n) is 8.35. The van der Waals surface area contributed by atoms with Gasteiger partial charge in [-0.25, -0.2) is 0 Å². The van der Waals surface area contributed by atoms with Gasteiger partial charge in [-0.1, -0.05) is 61.5 Å². The molecular formula is C20H21ClN2O2S. The van der Waals surface area contributed by atoms with Gasteiger partial charge in [0.25, 0.3) is 5.91 Å². The summed E-state index contributed by atoms with van der Waals surface area (Å²) in [6.45, 7) is 4.32. The standard InChI is InChI=1S/C20H21ClN2O2S/c1-12(2)14-6-4-13(5-7-14)10-18-19(24)23-20(26-18)22-16-11-15(21)8-9-17(16)25-3/h4-12,20,22H,1-3H3,(H,23,24)/b18-10-. The first kappa shape index (κ1) is 18.7. The van der Waals surface area contributed by atoms with E-state index in [1.165, 1.54) is 17.3 Å². The van der Waals surface area contributed by atoms with Crippen LogP contribution in [0.3, 0.4) is 0 Å². The molecule has 0 aromatic heterocycles. The first-order chi connectivity index (χ1) is 12.5. The molecule has 26 heavy (non-hydrogen) atoms. The number of halogens is 1. The number of hydrogen-bond acceptors (Lipinski definition) is 4. The van der Waals surface area contributed by atoms with E-state index in [0.717, 1.165) is 11.3 Å². The smallest absolute Gasteiger partial charge is 0.260 e. The van der Waals surface area contributed by atoms with Crippen molar-refractivity contribution >= 4 is 41.0 Å². The Balaban J connectivity index is 1.73. The fraction of sp³-hybridized carbons (Fsp3) is 0.250. The molecule has 0 aliphatic carbocycles. The van der Waals surface area contributed by atoms with Gasteiger partial charge in [-0.3, -0.25) is 4.79 Å². The van der Waals surface area contributed by atoms with Gasteiger partial charge in [0, 0.05) is 5.02 Å². The van der Waals surface area contributed by atoms with E-state index in [9.17, 15) is 4.79 Å². The highest BCUT2D eigenvalue weighted by molar-refractivity contribution is 8.05. The second-order valence-electron chi connectivity index (χ2n) is 6.29. The Hall–Kier alpha value is -2.11. The molecule has 2 aromatic carbocycles. The van der Waals surface area contributed by atoms with Crippen LogP contribution in [0.15, 0.2) is 47.4 Å².